The van der Waals surface area contributed by atoms with Crippen molar-refractivity contribution < 1.29 is 14.8 Å². The van der Waals surface area contributed by atoms with Gasteiger partial charge in [-0.25, -0.2) is 14.8 Å². The molecule has 5 rings (SSSR count). The van der Waals surface area contributed by atoms with Gasteiger partial charge >= 0.3 is 12.8 Å². The van der Waals surface area contributed by atoms with Crippen LogP contribution in [0.25, 0.3) is 11.2 Å². The van der Waals surface area contributed by atoms with Gasteiger partial charge in [-0.1, -0.05) is 12.1 Å². The van der Waals surface area contributed by atoms with Crippen LogP contribution in [-0.4, -0.2) is 55.8 Å². The Hall–Kier alpha value is -3.02. The Balaban J connectivity index is 1.31. The van der Waals surface area contributed by atoms with Crippen LogP contribution in [0.15, 0.2) is 34.3 Å². The van der Waals surface area contributed by atoms with E-state index in [2.05, 4.69) is 25.3 Å². The van der Waals surface area contributed by atoms with Gasteiger partial charge < -0.3 is 25.1 Å². The number of H-pyrrole nitrogens is 1. The Morgan fingerprint density at radius 1 is 1.41 bits per heavy atom. The molecule has 0 radical (unpaired) electrons. The number of nitrogens with zero attached hydrogens (tertiary/aromatic N) is 4. The van der Waals surface area contributed by atoms with Crippen LogP contribution in [0.2, 0.25) is 0 Å². The summed E-state index contributed by atoms with van der Waals surface area (Å²) in [5.41, 5.74) is 3.43. The van der Waals surface area contributed by atoms with Crippen LogP contribution in [-0.2, 0) is 11.3 Å². The standard InChI is InChI=1S/C18H19BN6O4/c26-13-4-12(5-13)25-17-15(24-18(25)27)16(22-9-23-17)21-8-20-6-10-1-2-14-11(3-10)7-29-19(14)28/h1-3,6,9,12-13,26,28H,4-5,7-8H2,(H,24,27)(H,21,22,23). The number of hydrogen-bond donors (Lipinski definition) is 4. The summed E-state index contributed by atoms with van der Waals surface area (Å²) in [6.07, 6.45) is 3.86. The number of benzene rings is 1. The zero-order chi connectivity index (χ0) is 20.0. The van der Waals surface area contributed by atoms with Gasteiger partial charge in [0.05, 0.1) is 12.7 Å². The number of aromatic amines is 1. The van der Waals surface area contributed by atoms with Crippen LogP contribution in [0, 0.1) is 0 Å². The molecule has 11 heteroatoms. The quantitative estimate of drug-likeness (QED) is 0.339. The summed E-state index contributed by atoms with van der Waals surface area (Å²) < 4.78 is 6.77. The predicted octanol–water partition coefficient (Wildman–Crippen LogP) is -0.478. The van der Waals surface area contributed by atoms with Gasteiger partial charge in [0.15, 0.2) is 11.5 Å². The predicted molar refractivity (Wildman–Crippen MR) is 107 cm³/mol. The van der Waals surface area contributed by atoms with Gasteiger partial charge in [-0.3, -0.25) is 9.56 Å². The molecule has 0 bridgehead atoms. The first-order chi connectivity index (χ1) is 14.1. The fraction of sp³-hybridized carbons (Fsp3) is 0.333. The highest BCUT2D eigenvalue weighted by atomic mass is 16.5. The largest absolute Gasteiger partial charge is 0.491 e. The molecule has 1 aromatic carbocycles. The van der Waals surface area contributed by atoms with E-state index in [1.165, 1.54) is 6.33 Å². The van der Waals surface area contributed by atoms with Crippen LogP contribution in [0.4, 0.5) is 5.82 Å². The summed E-state index contributed by atoms with van der Waals surface area (Å²) in [6.45, 7) is 0.648. The van der Waals surface area contributed by atoms with E-state index in [1.54, 1.807) is 10.8 Å². The molecule has 2 aliphatic rings. The molecule has 10 nitrogen and oxygen atoms in total. The van der Waals surface area contributed by atoms with Gasteiger partial charge in [0.25, 0.3) is 0 Å². The molecule has 0 atom stereocenters. The highest BCUT2D eigenvalue weighted by Gasteiger charge is 2.32. The average molecular weight is 394 g/mol. The molecule has 0 saturated heterocycles. The second-order valence-electron chi connectivity index (χ2n) is 7.27. The van der Waals surface area contributed by atoms with Gasteiger partial charge in [0.1, 0.15) is 18.5 Å². The maximum absolute atomic E-state index is 12.3. The van der Waals surface area contributed by atoms with E-state index >= 15 is 0 Å². The average Bonchev–Trinajstić information content (AvgIpc) is 3.22. The number of aliphatic hydroxyl groups excluding tert-OH is 1. The maximum atomic E-state index is 12.3. The third-order valence-corrected chi connectivity index (χ3v) is 5.37. The first-order valence-corrected chi connectivity index (χ1v) is 9.39. The minimum Gasteiger partial charge on any atom is -0.423 e. The number of aliphatic hydroxyl groups is 1. The SMILES string of the molecule is O=c1[nH]c2c(NCN=Cc3ccc4c(c3)COB4O)ncnc2n1C1CC(O)C1. The van der Waals surface area contributed by atoms with Crippen molar-refractivity contribution in [3.8, 4) is 0 Å². The van der Waals surface area contributed by atoms with Gasteiger partial charge in [-0.05, 0) is 35.5 Å². The third-order valence-electron chi connectivity index (χ3n) is 5.37. The summed E-state index contributed by atoms with van der Waals surface area (Å²) in [5, 5.41) is 22.3. The van der Waals surface area contributed by atoms with Gasteiger partial charge in [-0.2, -0.15) is 0 Å². The molecule has 1 aliphatic heterocycles. The molecule has 1 aliphatic carbocycles. The Morgan fingerprint density at radius 3 is 3.10 bits per heavy atom. The molecule has 3 heterocycles. The number of imidazole rings is 1. The molecule has 0 unspecified atom stereocenters. The minimum absolute atomic E-state index is 0.0469. The molecule has 1 saturated carbocycles. The summed E-state index contributed by atoms with van der Waals surface area (Å²) in [6, 6.07) is 5.59. The number of rotatable bonds is 5. The van der Waals surface area contributed by atoms with E-state index in [1.807, 2.05) is 18.2 Å². The third kappa shape index (κ3) is 3.22. The smallest absolute Gasteiger partial charge is 0.423 e. The summed E-state index contributed by atoms with van der Waals surface area (Å²) in [4.78, 5) is 27.9. The molecular formula is C18H19BN6O4. The van der Waals surface area contributed by atoms with Crippen LogP contribution >= 0.6 is 0 Å². The van der Waals surface area contributed by atoms with Crippen molar-refractivity contribution in [2.75, 3.05) is 12.0 Å². The summed E-state index contributed by atoms with van der Waals surface area (Å²) in [5.74, 6) is 0.494. The molecule has 3 aromatic rings. The van der Waals surface area contributed by atoms with E-state index in [-0.39, 0.29) is 24.5 Å². The molecule has 0 spiro atoms. The lowest BCUT2D eigenvalue weighted by Crippen LogP contribution is -2.35. The van der Waals surface area contributed by atoms with Crippen molar-refractivity contribution >= 4 is 35.8 Å². The lowest BCUT2D eigenvalue weighted by molar-refractivity contribution is 0.0487. The molecule has 2 aromatic heterocycles. The monoisotopic (exact) mass is 394 g/mol. The highest BCUT2D eigenvalue weighted by Crippen LogP contribution is 2.33. The van der Waals surface area contributed by atoms with Crippen LogP contribution in [0.5, 0.6) is 0 Å². The lowest BCUT2D eigenvalue weighted by Gasteiger charge is -2.31. The topological polar surface area (TPSA) is 138 Å². The van der Waals surface area contributed by atoms with Crippen LogP contribution < -0.4 is 16.5 Å². The number of hydrogen-bond acceptors (Lipinski definition) is 8. The molecule has 29 heavy (non-hydrogen) atoms. The summed E-state index contributed by atoms with van der Waals surface area (Å²) >= 11 is 0. The van der Waals surface area contributed by atoms with Gasteiger partial charge in [0.2, 0.25) is 0 Å². The number of nitrogens with one attached hydrogen (secondary N) is 2. The molecular weight excluding hydrogens is 375 g/mol. The van der Waals surface area contributed by atoms with E-state index < -0.39 is 7.12 Å². The zero-order valence-corrected chi connectivity index (χ0v) is 15.4. The number of anilines is 1. The molecule has 4 N–H and O–H groups in total. The van der Waals surface area contributed by atoms with Crippen molar-refractivity contribution in [3.63, 3.8) is 0 Å². The Bertz CT molecular complexity index is 1150. The number of aromatic nitrogens is 4. The first kappa shape index (κ1) is 18.0. The molecule has 148 valence electrons. The number of aliphatic imine (C=N–C) groups is 1. The van der Waals surface area contributed by atoms with E-state index in [0.717, 1.165) is 16.6 Å². The highest BCUT2D eigenvalue weighted by molar-refractivity contribution is 6.61. The maximum Gasteiger partial charge on any atom is 0.491 e. The van der Waals surface area contributed by atoms with Gasteiger partial charge in [0, 0.05) is 12.3 Å². The zero-order valence-electron chi connectivity index (χ0n) is 15.4. The first-order valence-electron chi connectivity index (χ1n) is 9.39. The van der Waals surface area contributed by atoms with Crippen molar-refractivity contribution in [1.29, 1.82) is 0 Å². The summed E-state index contributed by atoms with van der Waals surface area (Å²) in [7, 11) is -0.851. The van der Waals surface area contributed by atoms with E-state index in [0.29, 0.717) is 36.4 Å². The second-order valence-corrected chi connectivity index (χ2v) is 7.27. The van der Waals surface area contributed by atoms with E-state index in [9.17, 15) is 14.9 Å². The minimum atomic E-state index is -0.851. The molecule has 0 amide bonds. The van der Waals surface area contributed by atoms with Gasteiger partial charge in [-0.15, -0.1) is 0 Å². The normalized spacial score (nSPS) is 21.0. The van der Waals surface area contributed by atoms with Crippen molar-refractivity contribution in [3.05, 3.63) is 46.1 Å². The van der Waals surface area contributed by atoms with Crippen molar-refractivity contribution in [2.45, 2.75) is 31.6 Å². The Kier molecular flexibility index (Phi) is 4.42. The van der Waals surface area contributed by atoms with Crippen LogP contribution in [0.1, 0.15) is 30.0 Å². The van der Waals surface area contributed by atoms with E-state index in [4.69, 9.17) is 4.65 Å². The molecule has 1 fully saturated rings. The fourth-order valence-corrected chi connectivity index (χ4v) is 3.78. The fourth-order valence-electron chi connectivity index (χ4n) is 3.78. The Labute approximate surface area is 165 Å². The van der Waals surface area contributed by atoms with Crippen LogP contribution in [0.3, 0.4) is 0 Å². The second kappa shape index (κ2) is 7.10. The lowest BCUT2D eigenvalue weighted by atomic mass is 9.79. The van der Waals surface area contributed by atoms with Crippen molar-refractivity contribution in [1.82, 2.24) is 19.5 Å². The van der Waals surface area contributed by atoms with Crippen molar-refractivity contribution in [2.24, 2.45) is 4.99 Å². The number of fused-ring (bicyclic) bond motifs is 2. The Morgan fingerprint density at radius 2 is 2.28 bits per heavy atom.